The zero-order valence-corrected chi connectivity index (χ0v) is 15.5. The van der Waals surface area contributed by atoms with Crippen molar-refractivity contribution in [3.63, 3.8) is 0 Å². The van der Waals surface area contributed by atoms with Crippen molar-refractivity contribution in [1.29, 1.82) is 0 Å². The predicted molar refractivity (Wildman–Crippen MR) is 101 cm³/mol. The maximum atomic E-state index is 12.4. The first-order chi connectivity index (χ1) is 14.4. The van der Waals surface area contributed by atoms with E-state index >= 15 is 0 Å². The fourth-order valence-corrected chi connectivity index (χ4v) is 3.49. The Bertz CT molecular complexity index is 1170. The largest absolute Gasteiger partial charge is 0.478 e. The minimum Gasteiger partial charge on any atom is -0.478 e. The van der Waals surface area contributed by atoms with E-state index in [1.165, 1.54) is 41.5 Å². The normalized spacial score (nSPS) is 23.7. The number of hydrogen-bond acceptors (Lipinski definition) is 8. The molecule has 1 saturated heterocycles. The summed E-state index contributed by atoms with van der Waals surface area (Å²) >= 11 is 0. The number of benzene rings is 1. The van der Waals surface area contributed by atoms with Gasteiger partial charge >= 0.3 is 5.97 Å². The van der Waals surface area contributed by atoms with Crippen molar-refractivity contribution in [2.24, 2.45) is 0 Å². The van der Waals surface area contributed by atoms with E-state index in [2.05, 4.69) is 15.0 Å². The molecule has 1 aliphatic heterocycles. The van der Waals surface area contributed by atoms with Crippen LogP contribution in [0.25, 0.3) is 11.2 Å². The number of aliphatic hydroxyl groups excluding tert-OH is 2. The van der Waals surface area contributed by atoms with Gasteiger partial charge in [-0.15, -0.1) is 0 Å². The number of fused-ring (bicyclic) bond motifs is 1. The molecule has 0 spiro atoms. The van der Waals surface area contributed by atoms with Gasteiger partial charge in [0.05, 0.1) is 24.3 Å². The number of carboxylic acid groups (broad SMARTS) is 1. The highest BCUT2D eigenvalue weighted by atomic mass is 16.6. The number of aliphatic hydroxyl groups is 2. The zero-order valence-electron chi connectivity index (χ0n) is 15.5. The summed E-state index contributed by atoms with van der Waals surface area (Å²) in [5.74, 6) is -1.45. The van der Waals surface area contributed by atoms with E-state index in [0.29, 0.717) is 0 Å². The van der Waals surface area contributed by atoms with Crippen LogP contribution < -0.4 is 5.56 Å². The third-order valence-electron chi connectivity index (χ3n) is 5.06. The smallest absolute Gasteiger partial charge is 0.335 e. The van der Waals surface area contributed by atoms with Gasteiger partial charge in [0.2, 0.25) is 0 Å². The van der Waals surface area contributed by atoms with E-state index in [1.807, 2.05) is 0 Å². The number of rotatable bonds is 6. The Hall–Kier alpha value is -3.41. The fourth-order valence-electron chi connectivity index (χ4n) is 3.49. The van der Waals surface area contributed by atoms with Crippen molar-refractivity contribution in [3.8, 4) is 0 Å². The maximum absolute atomic E-state index is 12.4. The number of carboxylic acids is 1. The number of aromatic carboxylic acids is 1. The minimum atomic E-state index is -1.32. The van der Waals surface area contributed by atoms with Crippen LogP contribution >= 0.6 is 0 Å². The molecule has 0 bridgehead atoms. The Morgan fingerprint density at radius 3 is 2.70 bits per heavy atom. The predicted octanol–water partition coefficient (Wildman–Crippen LogP) is 0.100. The second-order valence-electron chi connectivity index (χ2n) is 6.95. The molecule has 1 aromatic carbocycles. The number of nitrogens with one attached hydrogen (secondary N) is 1. The topological polar surface area (TPSA) is 168 Å². The van der Waals surface area contributed by atoms with Gasteiger partial charge in [-0.3, -0.25) is 14.2 Å². The summed E-state index contributed by atoms with van der Waals surface area (Å²) in [6, 6.07) is 5.67. The first-order valence-electron chi connectivity index (χ1n) is 9.15. The molecule has 4 unspecified atom stereocenters. The van der Waals surface area contributed by atoms with Gasteiger partial charge in [0.1, 0.15) is 12.2 Å². The number of ether oxygens (including phenoxy) is 1. The van der Waals surface area contributed by atoms with Crippen LogP contribution in [0.15, 0.2) is 41.7 Å². The number of aromatic nitrogens is 4. The fraction of sp³-hybridized carbons (Fsp3) is 0.316. The summed E-state index contributed by atoms with van der Waals surface area (Å²) in [7, 11) is 0. The zero-order chi connectivity index (χ0) is 21.4. The molecule has 11 heteroatoms. The van der Waals surface area contributed by atoms with E-state index in [1.54, 1.807) is 0 Å². The molecule has 4 atom stereocenters. The van der Waals surface area contributed by atoms with Crippen LogP contribution in [0, 0.1) is 0 Å². The van der Waals surface area contributed by atoms with Gasteiger partial charge in [0.15, 0.2) is 23.2 Å². The Balaban J connectivity index is 1.48. The Morgan fingerprint density at radius 1 is 1.17 bits per heavy atom. The lowest BCUT2D eigenvalue weighted by molar-refractivity contribution is -0.0369. The molecule has 1 fully saturated rings. The molecular formula is C19H18N4O7. The summed E-state index contributed by atoms with van der Waals surface area (Å²) < 4.78 is 7.11. The molecule has 2 aromatic heterocycles. The van der Waals surface area contributed by atoms with Crippen molar-refractivity contribution < 1.29 is 29.6 Å². The molecule has 0 saturated carbocycles. The summed E-state index contributed by atoms with van der Waals surface area (Å²) in [5, 5.41) is 29.8. The quantitative estimate of drug-likeness (QED) is 0.409. The number of Topliss-reactive ketones (excluding diaryl/α,β-unsaturated/α-hetero) is 1. The molecule has 30 heavy (non-hydrogen) atoms. The lowest BCUT2D eigenvalue weighted by Crippen LogP contribution is -2.31. The van der Waals surface area contributed by atoms with Gasteiger partial charge < -0.3 is 25.0 Å². The van der Waals surface area contributed by atoms with Gasteiger partial charge in [0, 0.05) is 12.0 Å². The third kappa shape index (κ3) is 3.49. The Morgan fingerprint density at radius 2 is 1.93 bits per heavy atom. The van der Waals surface area contributed by atoms with Crippen molar-refractivity contribution in [2.45, 2.75) is 37.4 Å². The molecule has 11 nitrogen and oxygen atoms in total. The van der Waals surface area contributed by atoms with E-state index in [-0.39, 0.29) is 40.9 Å². The van der Waals surface area contributed by atoms with Gasteiger partial charge in [-0.25, -0.2) is 14.8 Å². The van der Waals surface area contributed by atoms with Gasteiger partial charge in [-0.2, -0.15) is 0 Å². The number of carbonyl (C=O) groups excluding carboxylic acids is 1. The van der Waals surface area contributed by atoms with Crippen LogP contribution in [0.5, 0.6) is 0 Å². The van der Waals surface area contributed by atoms with Crippen molar-refractivity contribution >= 4 is 22.9 Å². The summed E-state index contributed by atoms with van der Waals surface area (Å²) in [4.78, 5) is 45.7. The van der Waals surface area contributed by atoms with E-state index < -0.39 is 36.1 Å². The highest BCUT2D eigenvalue weighted by Crippen LogP contribution is 2.33. The monoisotopic (exact) mass is 414 g/mol. The molecule has 4 rings (SSSR count). The molecule has 3 heterocycles. The van der Waals surface area contributed by atoms with Crippen LogP contribution in [0.3, 0.4) is 0 Å². The van der Waals surface area contributed by atoms with Gasteiger partial charge in [-0.05, 0) is 18.6 Å². The third-order valence-corrected chi connectivity index (χ3v) is 5.06. The van der Waals surface area contributed by atoms with Crippen molar-refractivity contribution in [1.82, 2.24) is 19.5 Å². The lowest BCUT2D eigenvalue weighted by atomic mass is 10.00. The van der Waals surface area contributed by atoms with Crippen LogP contribution in [-0.4, -0.2) is 64.9 Å². The maximum Gasteiger partial charge on any atom is 0.335 e. The van der Waals surface area contributed by atoms with E-state index in [0.717, 1.165) is 0 Å². The van der Waals surface area contributed by atoms with Gasteiger partial charge in [-0.1, -0.05) is 12.1 Å². The van der Waals surface area contributed by atoms with Crippen LogP contribution in [0.4, 0.5) is 0 Å². The van der Waals surface area contributed by atoms with Crippen molar-refractivity contribution in [3.05, 3.63) is 58.4 Å². The molecule has 1 aliphatic rings. The Labute approximate surface area is 168 Å². The number of aromatic amines is 1. The first-order valence-corrected chi connectivity index (χ1v) is 9.15. The minimum absolute atomic E-state index is 0.00274. The van der Waals surface area contributed by atoms with Crippen molar-refractivity contribution in [2.75, 3.05) is 0 Å². The summed E-state index contributed by atoms with van der Waals surface area (Å²) in [6.07, 6.45) is -1.91. The Kier molecular flexibility index (Phi) is 5.16. The molecule has 0 radical (unpaired) electrons. The van der Waals surface area contributed by atoms with Crippen LogP contribution in [0.2, 0.25) is 0 Å². The number of hydrogen-bond donors (Lipinski definition) is 4. The number of ketones is 1. The molecule has 3 aromatic rings. The highest BCUT2D eigenvalue weighted by molar-refractivity contribution is 5.98. The number of nitrogens with zero attached hydrogens (tertiary/aromatic N) is 3. The number of imidazole rings is 1. The molecule has 0 aliphatic carbocycles. The lowest BCUT2D eigenvalue weighted by Gasteiger charge is -2.16. The molecule has 0 amide bonds. The highest BCUT2D eigenvalue weighted by Gasteiger charge is 2.44. The van der Waals surface area contributed by atoms with E-state index in [4.69, 9.17) is 9.84 Å². The van der Waals surface area contributed by atoms with Crippen LogP contribution in [-0.2, 0) is 4.74 Å². The summed E-state index contributed by atoms with van der Waals surface area (Å²) in [5.41, 5.74) is 0.0564. The second-order valence-corrected chi connectivity index (χ2v) is 6.95. The van der Waals surface area contributed by atoms with Gasteiger partial charge in [0.25, 0.3) is 5.56 Å². The first kappa shape index (κ1) is 19.9. The standard InChI is InChI=1S/C19H18N4O7/c24-11(9-2-1-3-10(6-9)19(28)29)4-5-12-14(25)15(26)18(30-12)23-8-22-13-16(23)20-7-21-17(13)27/h1-3,6-8,12,14-15,18,25-26H,4-5H2,(H,28,29)(H,20,21,27). The molecule has 156 valence electrons. The number of H-pyrrole nitrogens is 1. The SMILES string of the molecule is O=C(O)c1cccc(C(=O)CCC2OC(n3cnc4c(=O)[nH]cnc43)C(O)C2O)c1. The number of carbonyl (C=O) groups is 2. The molecular weight excluding hydrogens is 396 g/mol. The second kappa shape index (κ2) is 7.78. The van der Waals surface area contributed by atoms with Crippen LogP contribution in [0.1, 0.15) is 39.8 Å². The summed E-state index contributed by atoms with van der Waals surface area (Å²) in [6.45, 7) is 0. The average Bonchev–Trinajstić information content (AvgIpc) is 3.29. The van der Waals surface area contributed by atoms with E-state index in [9.17, 15) is 24.6 Å². The molecule has 4 N–H and O–H groups in total. The average molecular weight is 414 g/mol.